The van der Waals surface area contributed by atoms with Gasteiger partial charge in [0.25, 0.3) is 0 Å². The molecular formula is C13H12ClFN2. The Morgan fingerprint density at radius 2 is 2.18 bits per heavy atom. The number of halogens is 2. The summed E-state index contributed by atoms with van der Waals surface area (Å²) in [6.07, 6.45) is 3.51. The van der Waals surface area contributed by atoms with Crippen LogP contribution in [0, 0.1) is 5.82 Å². The third-order valence-electron chi connectivity index (χ3n) is 2.49. The van der Waals surface area contributed by atoms with E-state index in [9.17, 15) is 4.39 Å². The molecule has 0 amide bonds. The Bertz CT molecular complexity index is 502. The number of benzene rings is 1. The zero-order chi connectivity index (χ0) is 12.3. The second-order valence-corrected chi connectivity index (χ2v) is 4.18. The minimum Gasteiger partial charge on any atom is -0.377 e. The first-order valence-electron chi connectivity index (χ1n) is 5.28. The third-order valence-corrected chi connectivity index (χ3v) is 2.80. The minimum atomic E-state index is -0.338. The van der Waals surface area contributed by atoms with Crippen molar-refractivity contribution in [2.24, 2.45) is 0 Å². The zero-order valence-corrected chi connectivity index (χ0v) is 10.1. The number of hydrogen-bond acceptors (Lipinski definition) is 2. The summed E-state index contributed by atoms with van der Waals surface area (Å²) in [7, 11) is 0. The highest BCUT2D eigenvalue weighted by atomic mass is 35.5. The highest BCUT2D eigenvalue weighted by Crippen LogP contribution is 2.26. The first-order valence-corrected chi connectivity index (χ1v) is 5.66. The van der Waals surface area contributed by atoms with Crippen molar-refractivity contribution in [2.45, 2.75) is 13.0 Å². The molecule has 1 aromatic carbocycles. The molecule has 88 valence electrons. The monoisotopic (exact) mass is 250 g/mol. The van der Waals surface area contributed by atoms with Gasteiger partial charge in [0.15, 0.2) is 0 Å². The quantitative estimate of drug-likeness (QED) is 0.889. The first kappa shape index (κ1) is 11.9. The summed E-state index contributed by atoms with van der Waals surface area (Å²) in [6, 6.07) is 8.21. The van der Waals surface area contributed by atoms with E-state index in [1.165, 1.54) is 12.1 Å². The van der Waals surface area contributed by atoms with Crippen LogP contribution in [0.4, 0.5) is 10.1 Å². The van der Waals surface area contributed by atoms with Crippen LogP contribution in [0.2, 0.25) is 5.02 Å². The predicted octanol–water partition coefficient (Wildman–Crippen LogP) is 4.05. The number of aromatic nitrogens is 1. The number of anilines is 1. The van der Waals surface area contributed by atoms with Crippen molar-refractivity contribution in [3.8, 4) is 0 Å². The van der Waals surface area contributed by atoms with Gasteiger partial charge in [0.05, 0.1) is 16.8 Å². The summed E-state index contributed by atoms with van der Waals surface area (Å²) in [5.74, 6) is -0.338. The summed E-state index contributed by atoms with van der Waals surface area (Å²) >= 11 is 5.94. The second kappa shape index (κ2) is 5.15. The Kier molecular flexibility index (Phi) is 3.59. The van der Waals surface area contributed by atoms with Crippen molar-refractivity contribution >= 4 is 17.3 Å². The SMILES string of the molecule is CC(Nc1ccc(F)cc1Cl)c1cccnc1. The average molecular weight is 251 g/mol. The van der Waals surface area contributed by atoms with E-state index in [0.29, 0.717) is 10.7 Å². The van der Waals surface area contributed by atoms with E-state index in [1.54, 1.807) is 18.5 Å². The molecule has 2 nitrogen and oxygen atoms in total. The van der Waals surface area contributed by atoms with Crippen molar-refractivity contribution in [1.82, 2.24) is 4.98 Å². The van der Waals surface area contributed by atoms with Gasteiger partial charge >= 0.3 is 0 Å². The van der Waals surface area contributed by atoms with Gasteiger partial charge in [0, 0.05) is 12.4 Å². The third kappa shape index (κ3) is 2.94. The Hall–Kier alpha value is -1.61. The average Bonchev–Trinajstić information content (AvgIpc) is 2.34. The Morgan fingerprint density at radius 1 is 1.35 bits per heavy atom. The van der Waals surface area contributed by atoms with Gasteiger partial charge in [0.1, 0.15) is 5.82 Å². The molecule has 0 aliphatic heterocycles. The smallest absolute Gasteiger partial charge is 0.124 e. The summed E-state index contributed by atoms with van der Waals surface area (Å²) in [6.45, 7) is 2.00. The van der Waals surface area contributed by atoms with Crippen molar-refractivity contribution in [2.75, 3.05) is 5.32 Å². The molecule has 0 saturated carbocycles. The molecule has 1 unspecified atom stereocenters. The van der Waals surface area contributed by atoms with Crippen LogP contribution in [0.3, 0.4) is 0 Å². The van der Waals surface area contributed by atoms with E-state index >= 15 is 0 Å². The van der Waals surface area contributed by atoms with Crippen molar-refractivity contribution in [1.29, 1.82) is 0 Å². The first-order chi connectivity index (χ1) is 8.16. The highest BCUT2D eigenvalue weighted by molar-refractivity contribution is 6.33. The summed E-state index contributed by atoms with van der Waals surface area (Å²) < 4.78 is 12.9. The standard InChI is InChI=1S/C13H12ClFN2/c1-9(10-3-2-6-16-8-10)17-13-5-4-11(15)7-12(13)14/h2-9,17H,1H3. The molecule has 2 rings (SSSR count). The van der Waals surface area contributed by atoms with E-state index < -0.39 is 0 Å². The highest BCUT2D eigenvalue weighted by Gasteiger charge is 2.08. The molecule has 0 saturated heterocycles. The Labute approximate surface area is 104 Å². The summed E-state index contributed by atoms with van der Waals surface area (Å²) in [4.78, 5) is 4.05. The lowest BCUT2D eigenvalue weighted by molar-refractivity contribution is 0.628. The predicted molar refractivity (Wildman–Crippen MR) is 67.7 cm³/mol. The molecule has 4 heteroatoms. The van der Waals surface area contributed by atoms with Gasteiger partial charge in [0.2, 0.25) is 0 Å². The molecule has 0 aliphatic rings. The maximum atomic E-state index is 12.9. The van der Waals surface area contributed by atoms with Gasteiger partial charge in [-0.3, -0.25) is 4.98 Å². The number of nitrogens with zero attached hydrogens (tertiary/aromatic N) is 1. The number of pyridine rings is 1. The van der Waals surface area contributed by atoms with E-state index in [2.05, 4.69) is 10.3 Å². The van der Waals surface area contributed by atoms with E-state index in [4.69, 9.17) is 11.6 Å². The van der Waals surface area contributed by atoms with Crippen molar-refractivity contribution in [3.05, 3.63) is 59.1 Å². The molecule has 0 aliphatic carbocycles. The maximum absolute atomic E-state index is 12.9. The van der Waals surface area contributed by atoms with Gasteiger partial charge < -0.3 is 5.32 Å². The lowest BCUT2D eigenvalue weighted by atomic mass is 10.1. The molecule has 2 aromatic rings. The molecule has 1 N–H and O–H groups in total. The molecule has 1 atom stereocenters. The molecule has 1 aromatic heterocycles. The molecule has 0 bridgehead atoms. The van der Waals surface area contributed by atoms with Crippen LogP contribution >= 0.6 is 11.6 Å². The Morgan fingerprint density at radius 3 is 2.82 bits per heavy atom. The Balaban J connectivity index is 2.16. The second-order valence-electron chi connectivity index (χ2n) is 3.78. The van der Waals surface area contributed by atoms with E-state index in [0.717, 1.165) is 5.56 Å². The molecule has 0 spiro atoms. The fourth-order valence-electron chi connectivity index (χ4n) is 1.56. The van der Waals surface area contributed by atoms with Crippen LogP contribution in [0.5, 0.6) is 0 Å². The molecule has 0 fully saturated rings. The molecule has 1 heterocycles. The lowest BCUT2D eigenvalue weighted by Crippen LogP contribution is -2.07. The van der Waals surface area contributed by atoms with Gasteiger partial charge in [-0.1, -0.05) is 17.7 Å². The number of rotatable bonds is 3. The van der Waals surface area contributed by atoms with Gasteiger partial charge in [-0.05, 0) is 36.8 Å². The van der Waals surface area contributed by atoms with E-state index in [1.807, 2.05) is 19.1 Å². The molecular weight excluding hydrogens is 239 g/mol. The van der Waals surface area contributed by atoms with E-state index in [-0.39, 0.29) is 11.9 Å². The van der Waals surface area contributed by atoms with Crippen LogP contribution in [-0.4, -0.2) is 4.98 Å². The lowest BCUT2D eigenvalue weighted by Gasteiger charge is -2.16. The van der Waals surface area contributed by atoms with Crippen molar-refractivity contribution < 1.29 is 4.39 Å². The topological polar surface area (TPSA) is 24.9 Å². The maximum Gasteiger partial charge on any atom is 0.124 e. The van der Waals surface area contributed by atoms with Crippen molar-refractivity contribution in [3.63, 3.8) is 0 Å². The largest absolute Gasteiger partial charge is 0.377 e. The molecule has 0 radical (unpaired) electrons. The normalized spacial score (nSPS) is 12.2. The fraction of sp³-hybridized carbons (Fsp3) is 0.154. The van der Waals surface area contributed by atoms with Crippen LogP contribution in [-0.2, 0) is 0 Å². The summed E-state index contributed by atoms with van der Waals surface area (Å²) in [5, 5.41) is 3.59. The van der Waals surface area contributed by atoms with Crippen LogP contribution in [0.1, 0.15) is 18.5 Å². The molecule has 17 heavy (non-hydrogen) atoms. The van der Waals surface area contributed by atoms with Gasteiger partial charge in [-0.25, -0.2) is 4.39 Å². The zero-order valence-electron chi connectivity index (χ0n) is 9.32. The fourth-order valence-corrected chi connectivity index (χ4v) is 1.78. The van der Waals surface area contributed by atoms with Crippen LogP contribution in [0.15, 0.2) is 42.7 Å². The number of nitrogens with one attached hydrogen (secondary N) is 1. The summed E-state index contributed by atoms with van der Waals surface area (Å²) in [5.41, 5.74) is 1.76. The van der Waals surface area contributed by atoms with Crippen LogP contribution < -0.4 is 5.32 Å². The van der Waals surface area contributed by atoms with Gasteiger partial charge in [-0.2, -0.15) is 0 Å². The minimum absolute atomic E-state index is 0.0617. The van der Waals surface area contributed by atoms with Gasteiger partial charge in [-0.15, -0.1) is 0 Å². The number of hydrogen-bond donors (Lipinski definition) is 1. The van der Waals surface area contributed by atoms with Crippen LogP contribution in [0.25, 0.3) is 0 Å².